The molecule has 1 aromatic rings. The van der Waals surface area contributed by atoms with Gasteiger partial charge in [-0.05, 0) is 36.2 Å². The summed E-state index contributed by atoms with van der Waals surface area (Å²) in [6, 6.07) is 5.39. The molecular formula is C13H20BrNO. The molecule has 0 aliphatic carbocycles. The number of benzene rings is 1. The first-order valence-corrected chi connectivity index (χ1v) is 6.23. The van der Waals surface area contributed by atoms with Crippen LogP contribution in [0.4, 0.5) is 0 Å². The van der Waals surface area contributed by atoms with Gasteiger partial charge < -0.3 is 10.0 Å². The summed E-state index contributed by atoms with van der Waals surface area (Å²) in [5.41, 5.74) is 1.41. The van der Waals surface area contributed by atoms with E-state index >= 15 is 0 Å². The van der Waals surface area contributed by atoms with Crippen LogP contribution < -0.4 is 0 Å². The van der Waals surface area contributed by atoms with Crippen molar-refractivity contribution in [1.82, 2.24) is 4.90 Å². The zero-order valence-electron chi connectivity index (χ0n) is 10.4. The number of rotatable bonds is 3. The molecule has 0 fully saturated rings. The highest BCUT2D eigenvalue weighted by atomic mass is 79.9. The van der Waals surface area contributed by atoms with Gasteiger partial charge in [0, 0.05) is 17.6 Å². The van der Waals surface area contributed by atoms with E-state index in [2.05, 4.69) is 48.6 Å². The second-order valence-corrected chi connectivity index (χ2v) is 6.36. The van der Waals surface area contributed by atoms with Crippen LogP contribution in [0.3, 0.4) is 0 Å². The van der Waals surface area contributed by atoms with Crippen LogP contribution >= 0.6 is 15.9 Å². The maximum atomic E-state index is 9.44. The van der Waals surface area contributed by atoms with Gasteiger partial charge in [0.25, 0.3) is 0 Å². The molecular weight excluding hydrogens is 266 g/mol. The third-order valence-corrected chi connectivity index (χ3v) is 2.99. The van der Waals surface area contributed by atoms with Crippen LogP contribution in [-0.4, -0.2) is 23.6 Å². The van der Waals surface area contributed by atoms with Crippen molar-refractivity contribution in [2.45, 2.75) is 27.3 Å². The number of nitrogens with zero attached hydrogens (tertiary/aromatic N) is 1. The fourth-order valence-electron chi connectivity index (χ4n) is 1.84. The summed E-state index contributed by atoms with van der Waals surface area (Å²) in [5, 5.41) is 9.44. The average Bonchev–Trinajstić information content (AvgIpc) is 2.08. The van der Waals surface area contributed by atoms with Crippen molar-refractivity contribution in [2.75, 3.05) is 13.6 Å². The van der Waals surface area contributed by atoms with E-state index in [1.165, 1.54) is 0 Å². The zero-order chi connectivity index (χ0) is 12.3. The number of hydrogen-bond donors (Lipinski definition) is 1. The van der Waals surface area contributed by atoms with Gasteiger partial charge in [-0.15, -0.1) is 0 Å². The van der Waals surface area contributed by atoms with E-state index in [4.69, 9.17) is 0 Å². The number of phenols is 1. The van der Waals surface area contributed by atoms with Crippen LogP contribution in [0.5, 0.6) is 5.75 Å². The molecule has 0 aromatic heterocycles. The summed E-state index contributed by atoms with van der Waals surface area (Å²) in [6.07, 6.45) is 0. The van der Waals surface area contributed by atoms with E-state index in [1.807, 2.05) is 12.1 Å². The maximum absolute atomic E-state index is 9.44. The molecule has 2 nitrogen and oxygen atoms in total. The van der Waals surface area contributed by atoms with Crippen molar-refractivity contribution in [1.29, 1.82) is 0 Å². The summed E-state index contributed by atoms with van der Waals surface area (Å²) in [4.78, 5) is 2.26. The standard InChI is InChI=1S/C13H20BrNO/c1-13(2,3)9-15(4)8-10-7-11(16)5-6-12(10)14/h5-7,16H,8-9H2,1-4H3. The van der Waals surface area contributed by atoms with E-state index in [0.29, 0.717) is 5.75 Å². The topological polar surface area (TPSA) is 23.5 Å². The molecule has 0 radical (unpaired) electrons. The lowest BCUT2D eigenvalue weighted by atomic mass is 9.96. The normalized spacial score (nSPS) is 12.1. The van der Waals surface area contributed by atoms with E-state index in [9.17, 15) is 5.11 Å². The first-order valence-electron chi connectivity index (χ1n) is 5.44. The molecule has 0 unspecified atom stereocenters. The summed E-state index contributed by atoms with van der Waals surface area (Å²) in [5.74, 6) is 0.322. The van der Waals surface area contributed by atoms with Gasteiger partial charge in [0.2, 0.25) is 0 Å². The molecule has 3 heteroatoms. The Morgan fingerprint density at radius 2 is 1.94 bits per heavy atom. The largest absolute Gasteiger partial charge is 0.508 e. The molecule has 0 spiro atoms. The highest BCUT2D eigenvalue weighted by molar-refractivity contribution is 9.10. The van der Waals surface area contributed by atoms with Crippen LogP contribution in [0.25, 0.3) is 0 Å². The maximum Gasteiger partial charge on any atom is 0.115 e. The molecule has 0 bridgehead atoms. The van der Waals surface area contributed by atoms with Crippen LogP contribution in [0, 0.1) is 5.41 Å². The summed E-state index contributed by atoms with van der Waals surface area (Å²) in [6.45, 7) is 8.53. The minimum Gasteiger partial charge on any atom is -0.508 e. The summed E-state index contributed by atoms with van der Waals surface area (Å²) < 4.78 is 1.05. The zero-order valence-corrected chi connectivity index (χ0v) is 12.0. The van der Waals surface area contributed by atoms with Gasteiger partial charge in [0.05, 0.1) is 0 Å². The lowest BCUT2D eigenvalue weighted by Crippen LogP contribution is -2.28. The van der Waals surface area contributed by atoms with Crippen molar-refractivity contribution in [3.8, 4) is 5.75 Å². The van der Waals surface area contributed by atoms with Crippen molar-refractivity contribution >= 4 is 15.9 Å². The van der Waals surface area contributed by atoms with Crippen LogP contribution in [0.1, 0.15) is 26.3 Å². The predicted molar refractivity (Wildman–Crippen MR) is 71.6 cm³/mol. The SMILES string of the molecule is CN(Cc1cc(O)ccc1Br)CC(C)(C)C. The van der Waals surface area contributed by atoms with Gasteiger partial charge in [-0.3, -0.25) is 0 Å². The van der Waals surface area contributed by atoms with Gasteiger partial charge in [-0.2, -0.15) is 0 Å². The fraction of sp³-hybridized carbons (Fsp3) is 0.538. The minimum absolute atomic E-state index is 0.290. The van der Waals surface area contributed by atoms with Gasteiger partial charge in [-0.1, -0.05) is 36.7 Å². The molecule has 1 rings (SSSR count). The van der Waals surface area contributed by atoms with E-state index < -0.39 is 0 Å². The van der Waals surface area contributed by atoms with E-state index in [1.54, 1.807) is 6.07 Å². The smallest absolute Gasteiger partial charge is 0.115 e. The van der Waals surface area contributed by atoms with Gasteiger partial charge in [0.15, 0.2) is 0 Å². The second kappa shape index (κ2) is 5.19. The van der Waals surface area contributed by atoms with Crippen molar-refractivity contribution in [2.24, 2.45) is 5.41 Å². The van der Waals surface area contributed by atoms with Crippen molar-refractivity contribution in [3.63, 3.8) is 0 Å². The Kier molecular flexibility index (Phi) is 4.39. The van der Waals surface area contributed by atoms with Gasteiger partial charge in [0.1, 0.15) is 5.75 Å². The molecule has 0 aliphatic heterocycles. The average molecular weight is 286 g/mol. The quantitative estimate of drug-likeness (QED) is 0.917. The van der Waals surface area contributed by atoms with E-state index in [-0.39, 0.29) is 5.41 Å². The molecule has 0 heterocycles. The molecule has 0 atom stereocenters. The molecule has 0 amide bonds. The number of halogens is 1. The molecule has 1 aromatic carbocycles. The third-order valence-electron chi connectivity index (χ3n) is 2.21. The Bertz CT molecular complexity index is 357. The predicted octanol–water partition coefficient (Wildman–Crippen LogP) is 3.63. The monoisotopic (exact) mass is 285 g/mol. The number of aromatic hydroxyl groups is 1. The molecule has 90 valence electrons. The van der Waals surface area contributed by atoms with E-state index in [0.717, 1.165) is 23.1 Å². The Hall–Kier alpha value is -0.540. The molecule has 0 saturated heterocycles. The lowest BCUT2D eigenvalue weighted by molar-refractivity contribution is 0.220. The highest BCUT2D eigenvalue weighted by Crippen LogP contribution is 2.24. The Morgan fingerprint density at radius 3 is 2.50 bits per heavy atom. The summed E-state index contributed by atoms with van der Waals surface area (Å²) >= 11 is 3.50. The van der Waals surface area contributed by atoms with Crippen LogP contribution in [0.15, 0.2) is 22.7 Å². The highest BCUT2D eigenvalue weighted by Gasteiger charge is 2.14. The minimum atomic E-state index is 0.290. The third kappa shape index (κ3) is 4.54. The molecule has 16 heavy (non-hydrogen) atoms. The Morgan fingerprint density at radius 1 is 1.31 bits per heavy atom. The number of phenolic OH excluding ortho intramolecular Hbond substituents is 1. The van der Waals surface area contributed by atoms with Gasteiger partial charge in [-0.25, -0.2) is 0 Å². The Labute approximate surface area is 106 Å². The van der Waals surface area contributed by atoms with Crippen molar-refractivity contribution < 1.29 is 5.11 Å². The number of hydrogen-bond acceptors (Lipinski definition) is 2. The van der Waals surface area contributed by atoms with Crippen LogP contribution in [0.2, 0.25) is 0 Å². The second-order valence-electron chi connectivity index (χ2n) is 5.51. The van der Waals surface area contributed by atoms with Crippen LogP contribution in [-0.2, 0) is 6.54 Å². The molecule has 0 aliphatic rings. The fourth-order valence-corrected chi connectivity index (χ4v) is 2.21. The van der Waals surface area contributed by atoms with Crippen molar-refractivity contribution in [3.05, 3.63) is 28.2 Å². The first kappa shape index (κ1) is 13.5. The Balaban J connectivity index is 2.69. The summed E-state index contributed by atoms with van der Waals surface area (Å²) in [7, 11) is 2.10. The molecule has 1 N–H and O–H groups in total. The first-order chi connectivity index (χ1) is 7.28. The lowest BCUT2D eigenvalue weighted by Gasteiger charge is -2.26. The van der Waals surface area contributed by atoms with Gasteiger partial charge >= 0.3 is 0 Å². The molecule has 0 saturated carbocycles.